The highest BCUT2D eigenvalue weighted by molar-refractivity contribution is 5.85. The molecule has 1 aromatic carbocycles. The van der Waals surface area contributed by atoms with Crippen molar-refractivity contribution in [1.82, 2.24) is 10.6 Å². The predicted molar refractivity (Wildman–Crippen MR) is 96.3 cm³/mol. The molecule has 5 nitrogen and oxygen atoms in total. The molecule has 8 heteroatoms. The van der Waals surface area contributed by atoms with Gasteiger partial charge in [-0.3, -0.25) is 4.79 Å². The first-order valence-electron chi connectivity index (χ1n) is 8.57. The maximum absolute atomic E-state index is 12.9. The molecule has 0 fully saturated rings. The normalized spacial score (nSPS) is 13.7. The van der Waals surface area contributed by atoms with Gasteiger partial charge in [-0.05, 0) is 39.3 Å². The number of alkyl halides is 3. The van der Waals surface area contributed by atoms with E-state index in [0.717, 1.165) is 12.1 Å². The Morgan fingerprint density at radius 3 is 2.15 bits per heavy atom. The third-order valence-corrected chi connectivity index (χ3v) is 3.80. The van der Waals surface area contributed by atoms with Crippen molar-refractivity contribution < 1.29 is 27.5 Å². The lowest BCUT2D eigenvalue weighted by Crippen LogP contribution is -2.48. The minimum Gasteiger partial charge on any atom is -0.444 e. The number of hydrogen-bond donors (Lipinski definition) is 2. The van der Waals surface area contributed by atoms with E-state index in [1.807, 2.05) is 0 Å². The average Bonchev–Trinajstić information content (AvgIpc) is 2.50. The Morgan fingerprint density at radius 1 is 1.07 bits per heavy atom. The number of hydrogen-bond acceptors (Lipinski definition) is 3. The van der Waals surface area contributed by atoms with Crippen LogP contribution in [0.5, 0.6) is 0 Å². The Bertz CT molecular complexity index is 680. The summed E-state index contributed by atoms with van der Waals surface area (Å²) in [6.45, 7) is 10.2. The molecule has 0 aromatic heterocycles. The maximum atomic E-state index is 12.9. The van der Waals surface area contributed by atoms with Crippen LogP contribution in [0.25, 0.3) is 0 Å². The Kier molecular flexibility index (Phi) is 6.91. The molecule has 0 aliphatic rings. The number of halogens is 3. The molecule has 2 N–H and O–H groups in total. The molecule has 1 rings (SSSR count). The highest BCUT2D eigenvalue weighted by Gasteiger charge is 2.32. The molecule has 0 saturated carbocycles. The molecule has 0 heterocycles. The second kappa shape index (κ2) is 8.19. The smallest absolute Gasteiger partial charge is 0.416 e. The summed E-state index contributed by atoms with van der Waals surface area (Å²) in [7, 11) is 0. The highest BCUT2D eigenvalue weighted by Crippen LogP contribution is 2.32. The summed E-state index contributed by atoms with van der Waals surface area (Å²) in [4.78, 5) is 23.9. The van der Waals surface area contributed by atoms with Crippen molar-refractivity contribution in [3.05, 3.63) is 35.4 Å². The van der Waals surface area contributed by atoms with Crippen LogP contribution >= 0.6 is 0 Å². The summed E-state index contributed by atoms with van der Waals surface area (Å²) >= 11 is 0. The summed E-state index contributed by atoms with van der Waals surface area (Å²) < 4.78 is 43.8. The molecular weight excluding hydrogens is 361 g/mol. The molecule has 1 aromatic rings. The minimum absolute atomic E-state index is 0.105. The number of alkyl carbamates (subject to hydrolysis) is 1. The van der Waals surface area contributed by atoms with Crippen LogP contribution in [-0.2, 0) is 21.1 Å². The first-order chi connectivity index (χ1) is 12.1. The topological polar surface area (TPSA) is 67.4 Å². The molecular formula is C19H27F3N2O3. The van der Waals surface area contributed by atoms with Crippen molar-refractivity contribution in [2.24, 2.45) is 0 Å². The van der Waals surface area contributed by atoms with Crippen LogP contribution in [0.2, 0.25) is 0 Å². The number of carbonyl (C=O) groups excluding carboxylic acids is 2. The van der Waals surface area contributed by atoms with Gasteiger partial charge in [0.15, 0.2) is 0 Å². The van der Waals surface area contributed by atoms with Gasteiger partial charge in [-0.25, -0.2) is 4.79 Å². The molecule has 0 spiro atoms. The Hall–Kier alpha value is -2.25. The molecule has 27 heavy (non-hydrogen) atoms. The maximum Gasteiger partial charge on any atom is 0.416 e. The van der Waals surface area contributed by atoms with Gasteiger partial charge in [0.2, 0.25) is 5.91 Å². The largest absolute Gasteiger partial charge is 0.444 e. The first-order valence-corrected chi connectivity index (χ1v) is 8.57. The molecule has 0 aliphatic carbocycles. The zero-order chi connectivity index (χ0) is 21.0. The lowest BCUT2D eigenvalue weighted by atomic mass is 9.83. The summed E-state index contributed by atoms with van der Waals surface area (Å²) in [5, 5.41) is 5.08. The van der Waals surface area contributed by atoms with Gasteiger partial charge in [-0.15, -0.1) is 0 Å². The Morgan fingerprint density at radius 2 is 1.63 bits per heavy atom. The zero-order valence-electron chi connectivity index (χ0n) is 16.5. The second-order valence-electron chi connectivity index (χ2n) is 8.05. The van der Waals surface area contributed by atoms with Gasteiger partial charge in [0.25, 0.3) is 0 Å². The first kappa shape index (κ1) is 22.8. The van der Waals surface area contributed by atoms with E-state index in [1.54, 1.807) is 40.7 Å². The van der Waals surface area contributed by atoms with E-state index in [0.29, 0.717) is 5.56 Å². The fourth-order valence-corrected chi connectivity index (χ4v) is 2.23. The van der Waals surface area contributed by atoms with Crippen molar-refractivity contribution in [1.29, 1.82) is 0 Å². The van der Waals surface area contributed by atoms with E-state index in [2.05, 4.69) is 10.6 Å². The lowest BCUT2D eigenvalue weighted by Gasteiger charge is -2.27. The van der Waals surface area contributed by atoms with E-state index in [-0.39, 0.29) is 6.54 Å². The average molecular weight is 388 g/mol. The Labute approximate surface area is 157 Å². The van der Waals surface area contributed by atoms with Crippen LogP contribution < -0.4 is 10.6 Å². The van der Waals surface area contributed by atoms with Gasteiger partial charge in [0.05, 0.1) is 5.56 Å². The van der Waals surface area contributed by atoms with Crippen LogP contribution in [-0.4, -0.2) is 30.2 Å². The summed E-state index contributed by atoms with van der Waals surface area (Å²) in [5.74, 6) is -0.457. The quantitative estimate of drug-likeness (QED) is 0.801. The number of nitrogens with one attached hydrogen (secondary N) is 2. The van der Waals surface area contributed by atoms with Gasteiger partial charge >= 0.3 is 12.3 Å². The Balaban J connectivity index is 2.70. The highest BCUT2D eigenvalue weighted by atomic mass is 19.4. The van der Waals surface area contributed by atoms with Crippen LogP contribution in [0.4, 0.5) is 18.0 Å². The molecule has 152 valence electrons. The lowest BCUT2D eigenvalue weighted by molar-refractivity contribution is -0.137. The molecule has 0 saturated heterocycles. The monoisotopic (exact) mass is 388 g/mol. The van der Waals surface area contributed by atoms with E-state index >= 15 is 0 Å². The molecule has 1 atom stereocenters. The van der Waals surface area contributed by atoms with Crippen molar-refractivity contribution >= 4 is 12.0 Å². The predicted octanol–water partition coefficient (Wildman–Crippen LogP) is 4.01. The number of ether oxygens (including phenoxy) is 1. The molecule has 2 amide bonds. The zero-order valence-corrected chi connectivity index (χ0v) is 16.5. The van der Waals surface area contributed by atoms with Crippen LogP contribution in [0.15, 0.2) is 24.3 Å². The molecule has 0 aliphatic heterocycles. The van der Waals surface area contributed by atoms with E-state index in [4.69, 9.17) is 4.74 Å². The van der Waals surface area contributed by atoms with Gasteiger partial charge in [0.1, 0.15) is 11.6 Å². The third-order valence-electron chi connectivity index (χ3n) is 3.80. The number of benzene rings is 1. The number of rotatable bonds is 5. The van der Waals surface area contributed by atoms with Crippen molar-refractivity contribution in [3.63, 3.8) is 0 Å². The van der Waals surface area contributed by atoms with Crippen LogP contribution in [0.3, 0.4) is 0 Å². The van der Waals surface area contributed by atoms with E-state index < -0.39 is 40.8 Å². The van der Waals surface area contributed by atoms with E-state index in [9.17, 15) is 22.8 Å². The molecule has 0 radical (unpaired) electrons. The molecule has 0 unspecified atom stereocenters. The minimum atomic E-state index is -4.43. The summed E-state index contributed by atoms with van der Waals surface area (Å²) in [6.07, 6.45) is -5.15. The SMILES string of the molecule is C[C@@H](NC(=O)OC(C)(C)C)C(=O)NCC(C)(C)c1cccc(C(F)(F)F)c1. The third kappa shape index (κ3) is 7.48. The van der Waals surface area contributed by atoms with E-state index in [1.165, 1.54) is 13.0 Å². The summed E-state index contributed by atoms with van der Waals surface area (Å²) in [5.41, 5.74) is -1.71. The second-order valence-corrected chi connectivity index (χ2v) is 8.05. The van der Waals surface area contributed by atoms with Crippen LogP contribution in [0.1, 0.15) is 52.7 Å². The number of carbonyl (C=O) groups is 2. The van der Waals surface area contributed by atoms with Crippen molar-refractivity contribution in [2.45, 2.75) is 64.8 Å². The van der Waals surface area contributed by atoms with Gasteiger partial charge in [0, 0.05) is 12.0 Å². The van der Waals surface area contributed by atoms with Gasteiger partial charge in [-0.2, -0.15) is 13.2 Å². The van der Waals surface area contributed by atoms with Crippen molar-refractivity contribution in [3.8, 4) is 0 Å². The van der Waals surface area contributed by atoms with Crippen molar-refractivity contribution in [2.75, 3.05) is 6.54 Å². The fraction of sp³-hybridized carbons (Fsp3) is 0.579. The van der Waals surface area contributed by atoms with Gasteiger partial charge < -0.3 is 15.4 Å². The van der Waals surface area contributed by atoms with Gasteiger partial charge in [-0.1, -0.05) is 32.0 Å². The fourth-order valence-electron chi connectivity index (χ4n) is 2.23. The number of amides is 2. The molecule has 0 bridgehead atoms. The van der Waals surface area contributed by atoms with Crippen LogP contribution in [0, 0.1) is 0 Å². The summed E-state index contributed by atoms with van der Waals surface area (Å²) in [6, 6.07) is 4.16. The standard InChI is InChI=1S/C19H27F3N2O3/c1-12(24-16(26)27-17(2,3)4)15(25)23-11-18(5,6)13-8-7-9-14(10-13)19(20,21)22/h7-10,12H,11H2,1-6H3,(H,23,25)(H,24,26)/t12-/m1/s1.